The number of pyridine rings is 1. The van der Waals surface area contributed by atoms with Crippen molar-refractivity contribution < 1.29 is 0 Å². The molecule has 0 amide bonds. The first-order valence-electron chi connectivity index (χ1n) is 6.37. The van der Waals surface area contributed by atoms with Crippen LogP contribution in [0.3, 0.4) is 0 Å². The van der Waals surface area contributed by atoms with Crippen molar-refractivity contribution in [2.24, 2.45) is 0 Å². The Morgan fingerprint density at radius 2 is 2.24 bits per heavy atom. The Balaban J connectivity index is 2.05. The Kier molecular flexibility index (Phi) is 2.63. The molecule has 0 saturated carbocycles. The van der Waals surface area contributed by atoms with Crippen molar-refractivity contribution in [1.29, 1.82) is 0 Å². The Morgan fingerprint density at radius 3 is 3.06 bits per heavy atom. The van der Waals surface area contributed by atoms with E-state index in [0.29, 0.717) is 5.92 Å². The average Bonchev–Trinajstić information content (AvgIpc) is 2.74. The van der Waals surface area contributed by atoms with Crippen LogP contribution in [0.1, 0.15) is 30.3 Å². The Bertz CT molecular complexity index is 529. The summed E-state index contributed by atoms with van der Waals surface area (Å²) in [5.41, 5.74) is 2.50. The molecule has 3 rings (SSSR count). The Hall–Kier alpha value is -1.35. The molecule has 0 aromatic carbocycles. The van der Waals surface area contributed by atoms with Gasteiger partial charge in [0.05, 0.1) is 11.7 Å². The van der Waals surface area contributed by atoms with Gasteiger partial charge in [0.25, 0.3) is 0 Å². The number of likely N-dealkylation sites (tertiary alicyclic amines) is 1. The largest absolute Gasteiger partial charge is 0.306 e. The first-order valence-corrected chi connectivity index (χ1v) is 6.37. The monoisotopic (exact) mass is 229 g/mol. The topological polar surface area (TPSA) is 20.5 Å². The van der Waals surface area contributed by atoms with Crippen LogP contribution < -0.4 is 0 Å². The van der Waals surface area contributed by atoms with Gasteiger partial charge < -0.3 is 9.30 Å². The second-order valence-electron chi connectivity index (χ2n) is 5.15. The van der Waals surface area contributed by atoms with Crippen LogP contribution in [0, 0.1) is 6.92 Å². The van der Waals surface area contributed by atoms with Crippen LogP contribution in [0.5, 0.6) is 0 Å². The minimum atomic E-state index is 0.581. The lowest BCUT2D eigenvalue weighted by Crippen LogP contribution is -2.31. The summed E-state index contributed by atoms with van der Waals surface area (Å²) in [6, 6.07) is 6.39. The first-order chi connectivity index (χ1) is 8.25. The van der Waals surface area contributed by atoms with E-state index >= 15 is 0 Å². The maximum atomic E-state index is 4.65. The van der Waals surface area contributed by atoms with E-state index in [1.54, 1.807) is 0 Å². The molecule has 17 heavy (non-hydrogen) atoms. The maximum Gasteiger partial charge on any atom is 0.117 e. The number of nitrogens with zero attached hydrogens (tertiary/aromatic N) is 3. The molecule has 0 bridgehead atoms. The van der Waals surface area contributed by atoms with Crippen molar-refractivity contribution in [2.75, 3.05) is 20.1 Å². The third kappa shape index (κ3) is 1.84. The molecule has 1 fully saturated rings. The van der Waals surface area contributed by atoms with Gasteiger partial charge >= 0.3 is 0 Å². The summed E-state index contributed by atoms with van der Waals surface area (Å²) in [7, 11) is 2.20. The third-order valence-electron chi connectivity index (χ3n) is 3.76. The summed E-state index contributed by atoms with van der Waals surface area (Å²) >= 11 is 0. The molecule has 0 radical (unpaired) electrons. The highest BCUT2D eigenvalue weighted by Crippen LogP contribution is 2.26. The summed E-state index contributed by atoms with van der Waals surface area (Å²) in [6.45, 7) is 4.51. The molecule has 1 unspecified atom stereocenters. The number of likely N-dealkylation sites (N-methyl/N-ethyl adjacent to an activating group) is 1. The first kappa shape index (κ1) is 10.8. The number of rotatable bonds is 1. The van der Waals surface area contributed by atoms with Crippen LogP contribution in [0.15, 0.2) is 24.4 Å². The number of piperidine rings is 1. The highest BCUT2D eigenvalue weighted by atomic mass is 15.1. The van der Waals surface area contributed by atoms with Crippen LogP contribution in [-0.2, 0) is 0 Å². The van der Waals surface area contributed by atoms with Gasteiger partial charge in [0.2, 0.25) is 0 Å². The van der Waals surface area contributed by atoms with Crippen molar-refractivity contribution in [3.8, 4) is 0 Å². The zero-order chi connectivity index (χ0) is 11.8. The van der Waals surface area contributed by atoms with Gasteiger partial charge in [0.1, 0.15) is 5.82 Å². The smallest absolute Gasteiger partial charge is 0.117 e. The van der Waals surface area contributed by atoms with Crippen molar-refractivity contribution >= 4 is 5.52 Å². The molecule has 1 aliphatic heterocycles. The fraction of sp³-hybridized carbons (Fsp3) is 0.500. The molecule has 90 valence electrons. The van der Waals surface area contributed by atoms with E-state index in [2.05, 4.69) is 46.5 Å². The van der Waals surface area contributed by atoms with E-state index in [4.69, 9.17) is 0 Å². The van der Waals surface area contributed by atoms with Crippen molar-refractivity contribution in [2.45, 2.75) is 25.7 Å². The predicted octanol–water partition coefficient (Wildman–Crippen LogP) is 2.45. The van der Waals surface area contributed by atoms with E-state index in [9.17, 15) is 0 Å². The maximum absolute atomic E-state index is 4.65. The molecule has 3 heteroatoms. The van der Waals surface area contributed by atoms with Gasteiger partial charge in [-0.25, -0.2) is 4.98 Å². The fourth-order valence-corrected chi connectivity index (χ4v) is 2.91. The van der Waals surface area contributed by atoms with Gasteiger partial charge in [0, 0.05) is 18.2 Å². The van der Waals surface area contributed by atoms with Crippen LogP contribution in [0.2, 0.25) is 0 Å². The zero-order valence-electron chi connectivity index (χ0n) is 10.6. The minimum absolute atomic E-state index is 0.581. The summed E-state index contributed by atoms with van der Waals surface area (Å²) < 4.78 is 2.31. The van der Waals surface area contributed by atoms with E-state index in [0.717, 1.165) is 6.54 Å². The summed E-state index contributed by atoms with van der Waals surface area (Å²) in [5, 5.41) is 0. The second kappa shape index (κ2) is 4.15. The number of hydrogen-bond acceptors (Lipinski definition) is 2. The molecule has 1 saturated heterocycles. The quantitative estimate of drug-likeness (QED) is 0.748. The van der Waals surface area contributed by atoms with E-state index in [1.807, 2.05) is 6.20 Å². The minimum Gasteiger partial charge on any atom is -0.306 e. The standard InChI is InChI=1S/C14H19N3/c1-11-5-3-7-13-9-15-14(17(11)13)12-6-4-8-16(2)10-12/h3,5,7,9,12H,4,6,8,10H2,1-2H3. The van der Waals surface area contributed by atoms with Crippen molar-refractivity contribution in [3.05, 3.63) is 35.9 Å². The van der Waals surface area contributed by atoms with Gasteiger partial charge in [0.15, 0.2) is 0 Å². The van der Waals surface area contributed by atoms with Gasteiger partial charge in [-0.3, -0.25) is 0 Å². The van der Waals surface area contributed by atoms with Crippen molar-refractivity contribution in [3.63, 3.8) is 0 Å². The third-order valence-corrected chi connectivity index (χ3v) is 3.76. The number of hydrogen-bond donors (Lipinski definition) is 0. The molecule has 1 aliphatic rings. The van der Waals surface area contributed by atoms with E-state index in [-0.39, 0.29) is 0 Å². The fourth-order valence-electron chi connectivity index (χ4n) is 2.91. The highest BCUT2D eigenvalue weighted by Gasteiger charge is 2.22. The van der Waals surface area contributed by atoms with E-state index in [1.165, 1.54) is 36.4 Å². The number of aromatic nitrogens is 2. The lowest BCUT2D eigenvalue weighted by molar-refractivity contribution is 0.245. The van der Waals surface area contributed by atoms with Gasteiger partial charge in [-0.15, -0.1) is 0 Å². The normalized spacial score (nSPS) is 22.1. The molecule has 3 nitrogen and oxygen atoms in total. The summed E-state index contributed by atoms with van der Waals surface area (Å²) in [4.78, 5) is 7.06. The van der Waals surface area contributed by atoms with Gasteiger partial charge in [-0.1, -0.05) is 6.07 Å². The highest BCUT2D eigenvalue weighted by molar-refractivity contribution is 5.47. The molecule has 1 atom stereocenters. The van der Waals surface area contributed by atoms with Gasteiger partial charge in [-0.05, 0) is 45.5 Å². The molecular formula is C14H19N3. The lowest BCUT2D eigenvalue weighted by atomic mass is 9.97. The Morgan fingerprint density at radius 1 is 1.35 bits per heavy atom. The molecule has 0 N–H and O–H groups in total. The molecule has 3 heterocycles. The Labute approximate surface area is 102 Å². The van der Waals surface area contributed by atoms with Gasteiger partial charge in [-0.2, -0.15) is 0 Å². The van der Waals surface area contributed by atoms with E-state index < -0.39 is 0 Å². The summed E-state index contributed by atoms with van der Waals surface area (Å²) in [6.07, 6.45) is 4.54. The number of aryl methyl sites for hydroxylation is 1. The van der Waals surface area contributed by atoms with Crippen molar-refractivity contribution in [1.82, 2.24) is 14.3 Å². The molecule has 0 aliphatic carbocycles. The molecular weight excluding hydrogens is 210 g/mol. The van der Waals surface area contributed by atoms with Crippen LogP contribution in [0.4, 0.5) is 0 Å². The summed E-state index contributed by atoms with van der Waals surface area (Å²) in [5.74, 6) is 1.82. The average molecular weight is 229 g/mol. The predicted molar refractivity (Wildman–Crippen MR) is 69.4 cm³/mol. The van der Waals surface area contributed by atoms with Crippen LogP contribution in [0.25, 0.3) is 5.52 Å². The lowest BCUT2D eigenvalue weighted by Gasteiger charge is -2.29. The molecule has 2 aromatic rings. The number of fused-ring (bicyclic) bond motifs is 1. The second-order valence-corrected chi connectivity index (χ2v) is 5.15. The van der Waals surface area contributed by atoms with Crippen LogP contribution >= 0.6 is 0 Å². The molecule has 2 aromatic heterocycles. The zero-order valence-corrected chi connectivity index (χ0v) is 10.6. The van der Waals surface area contributed by atoms with Crippen LogP contribution in [-0.4, -0.2) is 34.4 Å². The SMILES string of the molecule is Cc1cccc2cnc(C3CCCN(C)C3)n12. The number of imidazole rings is 1. The molecule has 0 spiro atoms.